The first-order valence-electron chi connectivity index (χ1n) is 8.50. The van der Waals surface area contributed by atoms with Gasteiger partial charge in [-0.1, -0.05) is 0 Å². The first-order chi connectivity index (χ1) is 12.3. The van der Waals surface area contributed by atoms with Gasteiger partial charge in [0.2, 0.25) is 5.95 Å². The molecule has 4 rings (SSSR count). The Balaban J connectivity index is 1.44. The van der Waals surface area contributed by atoms with Crippen molar-refractivity contribution in [2.24, 2.45) is 0 Å². The highest BCUT2D eigenvalue weighted by atomic mass is 16.5. The zero-order valence-corrected chi connectivity index (χ0v) is 13.9. The molecule has 0 atom stereocenters. The van der Waals surface area contributed by atoms with Crippen molar-refractivity contribution >= 4 is 11.9 Å². The maximum absolute atomic E-state index is 12.5. The van der Waals surface area contributed by atoms with Crippen LogP contribution in [0.2, 0.25) is 0 Å². The largest absolute Gasteiger partial charge is 0.380 e. The van der Waals surface area contributed by atoms with E-state index in [0.29, 0.717) is 37.8 Å². The van der Waals surface area contributed by atoms with Gasteiger partial charge in [-0.2, -0.15) is 0 Å². The second-order valence-electron chi connectivity index (χ2n) is 6.39. The third kappa shape index (κ3) is 3.43. The van der Waals surface area contributed by atoms with Gasteiger partial charge in [-0.3, -0.25) is 4.79 Å². The van der Waals surface area contributed by atoms with Gasteiger partial charge in [-0.05, 0) is 19.3 Å². The average molecular weight is 340 g/mol. The number of carbonyl (C=O) groups is 1. The topological polar surface area (TPSA) is 93.1 Å². The predicted octanol–water partition coefficient (Wildman–Crippen LogP) is 1.23. The standard InChI is InChI=1S/C17H20N6O2/c24-15(23-4-1-6-25-7-5-23)13-8-20-16(21-9-13)22-17(2-3-17)14-10-18-12-19-11-14/h8-12H,1-7H2,(H,20,21,22). The van der Waals surface area contributed by atoms with Crippen molar-refractivity contribution in [3.8, 4) is 0 Å². The normalized spacial score (nSPS) is 19.1. The summed E-state index contributed by atoms with van der Waals surface area (Å²) >= 11 is 0. The molecule has 1 aliphatic heterocycles. The summed E-state index contributed by atoms with van der Waals surface area (Å²) in [4.78, 5) is 31.1. The van der Waals surface area contributed by atoms with Crippen molar-refractivity contribution in [2.75, 3.05) is 31.6 Å². The number of hydrogen-bond acceptors (Lipinski definition) is 7. The molecular weight excluding hydrogens is 320 g/mol. The third-order valence-electron chi connectivity index (χ3n) is 4.62. The molecule has 1 N–H and O–H groups in total. The number of nitrogens with zero attached hydrogens (tertiary/aromatic N) is 5. The molecule has 1 aliphatic carbocycles. The number of carbonyl (C=O) groups excluding carboxylic acids is 1. The molecule has 130 valence electrons. The van der Waals surface area contributed by atoms with Crippen LogP contribution in [0, 0.1) is 0 Å². The molecule has 0 aromatic carbocycles. The Morgan fingerprint density at radius 2 is 1.84 bits per heavy atom. The summed E-state index contributed by atoms with van der Waals surface area (Å²) in [6.45, 7) is 2.59. The van der Waals surface area contributed by atoms with E-state index in [1.54, 1.807) is 17.3 Å². The third-order valence-corrected chi connectivity index (χ3v) is 4.62. The molecule has 2 aliphatic rings. The van der Waals surface area contributed by atoms with Gasteiger partial charge >= 0.3 is 0 Å². The summed E-state index contributed by atoms with van der Waals surface area (Å²) in [7, 11) is 0. The molecule has 0 spiro atoms. The Morgan fingerprint density at radius 3 is 2.56 bits per heavy atom. The van der Waals surface area contributed by atoms with Crippen LogP contribution in [0.5, 0.6) is 0 Å². The van der Waals surface area contributed by atoms with Gasteiger partial charge in [0.15, 0.2) is 0 Å². The lowest BCUT2D eigenvalue weighted by atomic mass is 10.1. The zero-order valence-electron chi connectivity index (χ0n) is 13.9. The molecule has 2 fully saturated rings. The molecule has 2 aromatic heterocycles. The molecule has 25 heavy (non-hydrogen) atoms. The SMILES string of the molecule is O=C(c1cnc(NC2(c3cncnc3)CC2)nc1)N1CCCOCC1. The van der Waals surface area contributed by atoms with Gasteiger partial charge in [0.25, 0.3) is 5.91 Å². The highest BCUT2D eigenvalue weighted by Crippen LogP contribution is 2.47. The molecule has 0 unspecified atom stereocenters. The quantitative estimate of drug-likeness (QED) is 0.894. The predicted molar refractivity (Wildman–Crippen MR) is 89.9 cm³/mol. The van der Waals surface area contributed by atoms with Gasteiger partial charge in [-0.15, -0.1) is 0 Å². The Bertz CT molecular complexity index is 725. The van der Waals surface area contributed by atoms with E-state index in [-0.39, 0.29) is 11.4 Å². The maximum atomic E-state index is 12.5. The van der Waals surface area contributed by atoms with Gasteiger partial charge < -0.3 is 15.0 Å². The molecule has 0 radical (unpaired) electrons. The van der Waals surface area contributed by atoms with E-state index in [2.05, 4.69) is 25.3 Å². The number of ether oxygens (including phenoxy) is 1. The van der Waals surface area contributed by atoms with E-state index in [0.717, 1.165) is 24.8 Å². The summed E-state index contributed by atoms with van der Waals surface area (Å²) in [6.07, 6.45) is 11.1. The molecule has 0 bridgehead atoms. The van der Waals surface area contributed by atoms with Crippen LogP contribution in [0.25, 0.3) is 0 Å². The van der Waals surface area contributed by atoms with Crippen molar-refractivity contribution in [3.05, 3.63) is 42.2 Å². The van der Waals surface area contributed by atoms with E-state index in [4.69, 9.17) is 4.74 Å². The van der Waals surface area contributed by atoms with Crippen molar-refractivity contribution in [2.45, 2.75) is 24.8 Å². The van der Waals surface area contributed by atoms with Crippen molar-refractivity contribution in [1.29, 1.82) is 0 Å². The fraction of sp³-hybridized carbons (Fsp3) is 0.471. The van der Waals surface area contributed by atoms with Crippen molar-refractivity contribution in [3.63, 3.8) is 0 Å². The zero-order chi connectivity index (χ0) is 17.1. The van der Waals surface area contributed by atoms with Gasteiger partial charge in [-0.25, -0.2) is 19.9 Å². The minimum absolute atomic E-state index is 0.0466. The van der Waals surface area contributed by atoms with Crippen LogP contribution in [0.3, 0.4) is 0 Å². The van der Waals surface area contributed by atoms with Crippen LogP contribution in [-0.4, -0.2) is 57.0 Å². The van der Waals surface area contributed by atoms with E-state index in [9.17, 15) is 4.79 Å². The molecule has 8 nitrogen and oxygen atoms in total. The first-order valence-corrected chi connectivity index (χ1v) is 8.50. The molecule has 3 heterocycles. The molecule has 2 aromatic rings. The van der Waals surface area contributed by atoms with Crippen LogP contribution in [0.4, 0.5) is 5.95 Å². The van der Waals surface area contributed by atoms with Gasteiger partial charge in [0.05, 0.1) is 17.7 Å². The highest BCUT2D eigenvalue weighted by molar-refractivity contribution is 5.93. The Kier molecular flexibility index (Phi) is 4.27. The number of hydrogen-bond donors (Lipinski definition) is 1. The number of nitrogens with one attached hydrogen (secondary N) is 1. The minimum Gasteiger partial charge on any atom is -0.380 e. The summed E-state index contributed by atoms with van der Waals surface area (Å²) in [5.41, 5.74) is 1.35. The number of anilines is 1. The van der Waals surface area contributed by atoms with Crippen LogP contribution in [-0.2, 0) is 10.3 Å². The van der Waals surface area contributed by atoms with Crippen molar-refractivity contribution < 1.29 is 9.53 Å². The van der Waals surface area contributed by atoms with Crippen molar-refractivity contribution in [1.82, 2.24) is 24.8 Å². The van der Waals surface area contributed by atoms with Gasteiger partial charge in [0, 0.05) is 50.0 Å². The first kappa shape index (κ1) is 15.9. The maximum Gasteiger partial charge on any atom is 0.257 e. The second kappa shape index (κ2) is 6.72. The number of rotatable bonds is 4. The summed E-state index contributed by atoms with van der Waals surface area (Å²) in [6, 6.07) is 0. The lowest BCUT2D eigenvalue weighted by molar-refractivity contribution is 0.0740. The van der Waals surface area contributed by atoms with Crippen LogP contribution in [0.15, 0.2) is 31.1 Å². The van der Waals surface area contributed by atoms with E-state index >= 15 is 0 Å². The molecule has 1 amide bonds. The summed E-state index contributed by atoms with van der Waals surface area (Å²) in [5.74, 6) is 0.465. The fourth-order valence-electron chi connectivity index (χ4n) is 3.01. The molecule has 1 saturated carbocycles. The summed E-state index contributed by atoms with van der Waals surface area (Å²) in [5, 5.41) is 3.35. The molecular formula is C17H20N6O2. The van der Waals surface area contributed by atoms with E-state index in [1.165, 1.54) is 6.33 Å². The Morgan fingerprint density at radius 1 is 1.08 bits per heavy atom. The van der Waals surface area contributed by atoms with Crippen LogP contribution >= 0.6 is 0 Å². The van der Waals surface area contributed by atoms with E-state index < -0.39 is 0 Å². The monoisotopic (exact) mass is 340 g/mol. The minimum atomic E-state index is -0.186. The molecule has 1 saturated heterocycles. The van der Waals surface area contributed by atoms with Crippen LogP contribution < -0.4 is 5.32 Å². The Labute approximate surface area is 145 Å². The lowest BCUT2D eigenvalue weighted by Crippen LogP contribution is -2.33. The smallest absolute Gasteiger partial charge is 0.257 e. The number of amides is 1. The van der Waals surface area contributed by atoms with Gasteiger partial charge in [0.1, 0.15) is 6.33 Å². The van der Waals surface area contributed by atoms with Crippen LogP contribution in [0.1, 0.15) is 35.2 Å². The Hall–Kier alpha value is -2.61. The second-order valence-corrected chi connectivity index (χ2v) is 6.39. The number of aromatic nitrogens is 4. The lowest BCUT2D eigenvalue weighted by Gasteiger charge is -2.20. The summed E-state index contributed by atoms with van der Waals surface area (Å²) < 4.78 is 5.39. The van der Waals surface area contributed by atoms with E-state index in [1.807, 2.05) is 12.4 Å². The highest BCUT2D eigenvalue weighted by Gasteiger charge is 2.45. The molecule has 8 heteroatoms. The average Bonchev–Trinajstić information content (AvgIpc) is 3.47. The fourth-order valence-corrected chi connectivity index (χ4v) is 3.01.